The fourth-order valence-corrected chi connectivity index (χ4v) is 5.24. The Labute approximate surface area is 199 Å². The van der Waals surface area contributed by atoms with Gasteiger partial charge in [-0.15, -0.1) is 11.3 Å². The van der Waals surface area contributed by atoms with Crippen LogP contribution in [-0.4, -0.2) is 87.4 Å². The zero-order valence-corrected chi connectivity index (χ0v) is 20.4. The molecule has 1 amide bonds. The molecule has 0 saturated carbocycles. The van der Waals surface area contributed by atoms with Gasteiger partial charge in [0.05, 0.1) is 18.3 Å². The molecule has 2 aliphatic rings. The van der Waals surface area contributed by atoms with Crippen LogP contribution in [0.4, 0.5) is 10.9 Å². The van der Waals surface area contributed by atoms with Crippen LogP contribution in [0, 0.1) is 18.3 Å². The third kappa shape index (κ3) is 5.85. The lowest BCUT2D eigenvalue weighted by molar-refractivity contribution is 0.0591. The molecule has 10 heteroatoms. The Kier molecular flexibility index (Phi) is 7.53. The minimum atomic E-state index is -0.0120. The van der Waals surface area contributed by atoms with Crippen molar-refractivity contribution in [3.63, 3.8) is 0 Å². The third-order valence-electron chi connectivity index (χ3n) is 6.37. The Morgan fingerprint density at radius 1 is 1.24 bits per heavy atom. The van der Waals surface area contributed by atoms with Crippen LogP contribution in [0.25, 0.3) is 0 Å². The van der Waals surface area contributed by atoms with E-state index in [0.717, 1.165) is 57.8 Å². The van der Waals surface area contributed by atoms with Crippen LogP contribution in [0.2, 0.25) is 0 Å². The zero-order valence-electron chi connectivity index (χ0n) is 19.6. The topological polar surface area (TPSA) is 101 Å². The summed E-state index contributed by atoms with van der Waals surface area (Å²) >= 11 is 1.41. The van der Waals surface area contributed by atoms with Crippen LogP contribution < -0.4 is 5.32 Å². The summed E-state index contributed by atoms with van der Waals surface area (Å²) in [5.74, 6) is 1.66. The Hall–Kier alpha value is -2.61. The predicted molar refractivity (Wildman–Crippen MR) is 129 cm³/mol. The van der Waals surface area contributed by atoms with Gasteiger partial charge in [-0.2, -0.15) is 5.26 Å². The number of anilines is 2. The standard InChI is InChI=1S/C23H32N8OS/c1-16(2)30-9-11-31(12-10-30)22(32)20-15-33-23(27-20)28-21-13-19(25-17(3)26-21)18-5-4-7-29(14-18)8-6-24/h13,15-16,18H,4-5,7-12,14H2,1-3H3,(H,25,26,27,28)/t18-/m1/s1. The minimum Gasteiger partial charge on any atom is -0.335 e. The van der Waals surface area contributed by atoms with E-state index in [-0.39, 0.29) is 11.8 Å². The van der Waals surface area contributed by atoms with E-state index < -0.39 is 0 Å². The van der Waals surface area contributed by atoms with Crippen molar-refractivity contribution in [1.82, 2.24) is 29.7 Å². The summed E-state index contributed by atoms with van der Waals surface area (Å²) in [5.41, 5.74) is 1.47. The summed E-state index contributed by atoms with van der Waals surface area (Å²) in [7, 11) is 0. The van der Waals surface area contributed by atoms with E-state index in [1.54, 1.807) is 0 Å². The van der Waals surface area contributed by atoms with E-state index in [1.165, 1.54) is 11.3 Å². The van der Waals surface area contributed by atoms with Crippen molar-refractivity contribution in [3.05, 3.63) is 28.7 Å². The number of nitrogens with zero attached hydrogens (tertiary/aromatic N) is 7. The fourth-order valence-electron chi connectivity index (χ4n) is 4.55. The van der Waals surface area contributed by atoms with Crippen molar-refractivity contribution in [2.24, 2.45) is 0 Å². The Morgan fingerprint density at radius 3 is 2.76 bits per heavy atom. The highest BCUT2D eigenvalue weighted by Crippen LogP contribution is 2.28. The first-order valence-corrected chi connectivity index (χ1v) is 12.5. The van der Waals surface area contributed by atoms with Crippen LogP contribution >= 0.6 is 11.3 Å². The molecule has 33 heavy (non-hydrogen) atoms. The smallest absolute Gasteiger partial charge is 0.273 e. The van der Waals surface area contributed by atoms with Gasteiger partial charge >= 0.3 is 0 Å². The van der Waals surface area contributed by atoms with Crippen LogP contribution in [0.5, 0.6) is 0 Å². The molecule has 0 bridgehead atoms. The molecule has 4 rings (SSSR count). The summed E-state index contributed by atoms with van der Waals surface area (Å²) in [6, 6.07) is 4.72. The number of likely N-dealkylation sites (tertiary alicyclic amines) is 1. The molecular formula is C23H32N8OS. The molecule has 2 saturated heterocycles. The van der Waals surface area contributed by atoms with Crippen molar-refractivity contribution >= 4 is 28.2 Å². The van der Waals surface area contributed by atoms with Crippen molar-refractivity contribution in [1.29, 1.82) is 5.26 Å². The van der Waals surface area contributed by atoms with Gasteiger partial charge in [0, 0.05) is 56.1 Å². The van der Waals surface area contributed by atoms with Gasteiger partial charge in [0.2, 0.25) is 0 Å². The van der Waals surface area contributed by atoms with Crippen molar-refractivity contribution < 1.29 is 4.79 Å². The summed E-state index contributed by atoms with van der Waals surface area (Å²) in [5, 5.41) is 14.8. The third-order valence-corrected chi connectivity index (χ3v) is 7.12. The van der Waals surface area contributed by atoms with Gasteiger partial charge in [-0.3, -0.25) is 14.6 Å². The molecule has 4 heterocycles. The number of aromatic nitrogens is 3. The van der Waals surface area contributed by atoms with Gasteiger partial charge < -0.3 is 10.2 Å². The molecule has 0 radical (unpaired) electrons. The quantitative estimate of drug-likeness (QED) is 0.646. The van der Waals surface area contributed by atoms with Crippen molar-refractivity contribution in [2.75, 3.05) is 51.1 Å². The first-order chi connectivity index (χ1) is 15.9. The molecule has 176 valence electrons. The number of piperidine rings is 1. The van der Waals surface area contributed by atoms with Gasteiger partial charge in [-0.1, -0.05) is 0 Å². The van der Waals surface area contributed by atoms with Gasteiger partial charge in [-0.05, 0) is 40.2 Å². The molecule has 0 spiro atoms. The molecule has 0 unspecified atom stereocenters. The zero-order chi connectivity index (χ0) is 23.4. The second kappa shape index (κ2) is 10.5. The minimum absolute atomic E-state index is 0.0120. The highest BCUT2D eigenvalue weighted by molar-refractivity contribution is 7.14. The average Bonchev–Trinajstić information content (AvgIpc) is 3.27. The number of aryl methyl sites for hydroxylation is 1. The fraction of sp³-hybridized carbons (Fsp3) is 0.609. The number of thiazole rings is 1. The lowest BCUT2D eigenvalue weighted by Gasteiger charge is -2.36. The maximum absolute atomic E-state index is 12.9. The molecular weight excluding hydrogens is 436 g/mol. The molecule has 2 aliphatic heterocycles. The van der Waals surface area contributed by atoms with Gasteiger partial charge in [0.25, 0.3) is 5.91 Å². The van der Waals surface area contributed by atoms with Crippen LogP contribution in [0.1, 0.15) is 54.6 Å². The van der Waals surface area contributed by atoms with Gasteiger partial charge in [0.1, 0.15) is 17.3 Å². The average molecular weight is 469 g/mol. The monoisotopic (exact) mass is 468 g/mol. The number of hydrogen-bond acceptors (Lipinski definition) is 9. The molecule has 2 aromatic heterocycles. The SMILES string of the molecule is Cc1nc(Nc2nc(C(=O)N3CCN(C(C)C)CC3)cs2)cc([C@@H]2CCCN(CC#N)C2)n1. The van der Waals surface area contributed by atoms with E-state index in [0.29, 0.717) is 35.1 Å². The molecule has 0 aliphatic carbocycles. The first kappa shape index (κ1) is 23.5. The lowest BCUT2D eigenvalue weighted by Crippen LogP contribution is -2.50. The van der Waals surface area contributed by atoms with E-state index in [4.69, 9.17) is 5.26 Å². The summed E-state index contributed by atoms with van der Waals surface area (Å²) < 4.78 is 0. The number of nitriles is 1. The molecule has 1 N–H and O–H groups in total. The highest BCUT2D eigenvalue weighted by atomic mass is 32.1. The van der Waals surface area contributed by atoms with Gasteiger partial charge in [-0.25, -0.2) is 15.0 Å². The lowest BCUT2D eigenvalue weighted by atomic mass is 9.94. The summed E-state index contributed by atoms with van der Waals surface area (Å²) in [4.78, 5) is 33.1. The number of nitrogens with one attached hydrogen (secondary N) is 1. The van der Waals surface area contributed by atoms with Crippen LogP contribution in [0.3, 0.4) is 0 Å². The molecule has 1 atom stereocenters. The Balaban J connectivity index is 1.41. The largest absolute Gasteiger partial charge is 0.335 e. The number of carbonyl (C=O) groups is 1. The Bertz CT molecular complexity index is 1010. The number of amides is 1. The van der Waals surface area contributed by atoms with Crippen molar-refractivity contribution in [3.8, 4) is 6.07 Å². The van der Waals surface area contributed by atoms with E-state index >= 15 is 0 Å². The normalized spacial score (nSPS) is 20.1. The summed E-state index contributed by atoms with van der Waals surface area (Å²) in [6.45, 7) is 11.8. The number of carbonyl (C=O) groups excluding carboxylic acids is 1. The highest BCUT2D eigenvalue weighted by Gasteiger charge is 2.26. The van der Waals surface area contributed by atoms with E-state index in [1.807, 2.05) is 23.3 Å². The second-order valence-electron chi connectivity index (χ2n) is 9.04. The Morgan fingerprint density at radius 2 is 2.03 bits per heavy atom. The van der Waals surface area contributed by atoms with E-state index in [2.05, 4.69) is 50.0 Å². The molecule has 2 fully saturated rings. The van der Waals surface area contributed by atoms with Crippen LogP contribution in [0.15, 0.2) is 11.4 Å². The molecule has 0 aromatic carbocycles. The van der Waals surface area contributed by atoms with Gasteiger partial charge in [0.15, 0.2) is 5.13 Å². The summed E-state index contributed by atoms with van der Waals surface area (Å²) in [6.07, 6.45) is 2.11. The first-order valence-electron chi connectivity index (χ1n) is 11.6. The van der Waals surface area contributed by atoms with Crippen molar-refractivity contribution in [2.45, 2.75) is 45.6 Å². The number of rotatable bonds is 6. The number of piperazine rings is 1. The predicted octanol–water partition coefficient (Wildman–Crippen LogP) is 2.85. The number of hydrogen-bond donors (Lipinski definition) is 1. The van der Waals surface area contributed by atoms with E-state index in [9.17, 15) is 4.79 Å². The maximum Gasteiger partial charge on any atom is 0.273 e. The second-order valence-corrected chi connectivity index (χ2v) is 9.90. The maximum atomic E-state index is 12.9. The molecule has 9 nitrogen and oxygen atoms in total. The molecule has 2 aromatic rings. The van der Waals surface area contributed by atoms with Crippen LogP contribution in [-0.2, 0) is 0 Å².